The Morgan fingerprint density at radius 1 is 1.14 bits per heavy atom. The lowest BCUT2D eigenvalue weighted by molar-refractivity contribution is -0.140. The van der Waals surface area contributed by atoms with Crippen molar-refractivity contribution < 1.29 is 31.4 Å². The van der Waals surface area contributed by atoms with E-state index in [1.165, 1.54) is 13.2 Å². The zero-order valence-electron chi connectivity index (χ0n) is 19.9. The number of carbonyl (C=O) groups is 1. The first-order valence-corrected chi connectivity index (χ1v) is 12.5. The van der Waals surface area contributed by atoms with E-state index in [2.05, 4.69) is 5.16 Å². The van der Waals surface area contributed by atoms with Crippen LogP contribution in [0.3, 0.4) is 0 Å². The van der Waals surface area contributed by atoms with Crippen LogP contribution in [-0.4, -0.2) is 22.4 Å². The molecule has 0 N–H and O–H groups in total. The van der Waals surface area contributed by atoms with Crippen molar-refractivity contribution in [1.29, 1.82) is 0 Å². The summed E-state index contributed by atoms with van der Waals surface area (Å²) in [6.45, 7) is 5.84. The van der Waals surface area contributed by atoms with Gasteiger partial charge < -0.3 is 9.26 Å². The highest BCUT2D eigenvalue weighted by Crippen LogP contribution is 2.44. The molecule has 2 heterocycles. The van der Waals surface area contributed by atoms with Crippen LogP contribution in [-0.2, 0) is 39.3 Å². The molecule has 0 bridgehead atoms. The number of fused-ring (bicyclic) bond motifs is 2. The second kappa shape index (κ2) is 9.60. The van der Waals surface area contributed by atoms with E-state index in [0.29, 0.717) is 41.0 Å². The van der Waals surface area contributed by atoms with E-state index < -0.39 is 22.5 Å². The quantitative estimate of drug-likeness (QED) is 0.349. The molecule has 0 radical (unpaired) electrons. The molecule has 9 heteroatoms. The lowest BCUT2D eigenvalue weighted by Gasteiger charge is -2.12. The number of hydrogen-bond acceptors (Lipinski definition) is 5. The van der Waals surface area contributed by atoms with E-state index in [-0.39, 0.29) is 23.2 Å². The number of nitrogens with zero attached hydrogens (tertiary/aromatic N) is 1. The van der Waals surface area contributed by atoms with E-state index in [1.807, 2.05) is 32.9 Å². The van der Waals surface area contributed by atoms with Gasteiger partial charge in [0.2, 0.25) is 0 Å². The predicted octanol–water partition coefficient (Wildman–Crippen LogP) is 6.38. The van der Waals surface area contributed by atoms with Gasteiger partial charge in [0.1, 0.15) is 0 Å². The molecular weight excluding hydrogens is 479 g/mol. The number of aryl methyl sites for hydroxylation is 3. The Balaban J connectivity index is 1.60. The summed E-state index contributed by atoms with van der Waals surface area (Å²) in [5.74, 6) is -0.287. The summed E-state index contributed by atoms with van der Waals surface area (Å²) < 4.78 is 63.2. The Morgan fingerprint density at radius 2 is 1.89 bits per heavy atom. The summed E-state index contributed by atoms with van der Waals surface area (Å²) in [6.07, 6.45) is -2.88. The van der Waals surface area contributed by atoms with Gasteiger partial charge in [-0.1, -0.05) is 25.1 Å². The molecule has 0 fully saturated rings. The average molecular weight is 506 g/mol. The third-order valence-corrected chi connectivity index (χ3v) is 7.93. The van der Waals surface area contributed by atoms with E-state index in [9.17, 15) is 22.2 Å². The zero-order chi connectivity index (χ0) is 25.5. The summed E-state index contributed by atoms with van der Waals surface area (Å²) >= 11 is 0. The van der Waals surface area contributed by atoms with Crippen molar-refractivity contribution in [1.82, 2.24) is 5.16 Å². The third kappa shape index (κ3) is 4.91. The number of hydrogen-bond donors (Lipinski definition) is 0. The minimum absolute atomic E-state index is 0.000559. The van der Waals surface area contributed by atoms with Crippen molar-refractivity contribution in [2.24, 2.45) is 5.92 Å². The molecule has 1 aliphatic rings. The summed E-state index contributed by atoms with van der Waals surface area (Å²) in [7, 11) is -0.312. The van der Waals surface area contributed by atoms with Crippen molar-refractivity contribution in [3.8, 4) is 0 Å². The topological polar surface area (TPSA) is 69.4 Å². The SMILES string of the molecule is COC(=O)CCc1cc2onc(CCC3=C(C(C)C)c4ccc(C(F)(F)F)cc4S3=O)c2cc1C. The standard InChI is InChI=1S/C26H26F3NO4S/c1-14(2)25-18-7-6-17(26(27,28)29)13-23(18)35(32)22(25)9-8-20-19-11-15(3)16(5-10-24(31)33-4)12-21(19)34-30-20/h6-7,11-14H,5,8-10H2,1-4H3. The lowest BCUT2D eigenvalue weighted by atomic mass is 9.93. The van der Waals surface area contributed by atoms with Gasteiger partial charge in [0.15, 0.2) is 5.58 Å². The number of alkyl halides is 3. The number of aromatic nitrogens is 1. The molecule has 0 aliphatic carbocycles. The fraction of sp³-hybridized carbons (Fsp3) is 0.385. The van der Waals surface area contributed by atoms with Gasteiger partial charge in [0, 0.05) is 16.7 Å². The Hall–Kier alpha value is -2.94. The highest BCUT2D eigenvalue weighted by molar-refractivity contribution is 7.89. The van der Waals surface area contributed by atoms with Crippen LogP contribution in [0.5, 0.6) is 0 Å². The second-order valence-corrected chi connectivity index (χ2v) is 10.4. The summed E-state index contributed by atoms with van der Waals surface area (Å²) in [4.78, 5) is 12.3. The maximum absolute atomic E-state index is 13.3. The third-order valence-electron chi connectivity index (χ3n) is 6.32. The molecule has 5 nitrogen and oxygen atoms in total. The summed E-state index contributed by atoms with van der Waals surface area (Å²) in [5, 5.41) is 5.03. The molecule has 186 valence electrons. The smallest absolute Gasteiger partial charge is 0.416 e. The molecule has 0 spiro atoms. The van der Waals surface area contributed by atoms with Gasteiger partial charge in [-0.3, -0.25) is 4.79 Å². The first kappa shape index (κ1) is 25.2. The van der Waals surface area contributed by atoms with Crippen LogP contribution in [0, 0.1) is 12.8 Å². The number of halogens is 3. The van der Waals surface area contributed by atoms with Crippen LogP contribution in [0.15, 0.2) is 44.7 Å². The van der Waals surface area contributed by atoms with Gasteiger partial charge in [-0.05, 0) is 78.6 Å². The van der Waals surface area contributed by atoms with Crippen molar-refractivity contribution in [2.45, 2.75) is 57.5 Å². The van der Waals surface area contributed by atoms with Crippen molar-refractivity contribution >= 4 is 33.3 Å². The number of allylic oxidation sites excluding steroid dienone is 2. The second-order valence-electron chi connectivity index (χ2n) is 8.95. The largest absolute Gasteiger partial charge is 0.469 e. The minimum Gasteiger partial charge on any atom is -0.469 e. The summed E-state index contributed by atoms with van der Waals surface area (Å²) in [5.41, 5.74) is 3.90. The Labute approximate surface area is 203 Å². The predicted molar refractivity (Wildman–Crippen MR) is 127 cm³/mol. The maximum Gasteiger partial charge on any atom is 0.416 e. The monoisotopic (exact) mass is 505 g/mol. The minimum atomic E-state index is -4.49. The number of benzene rings is 2. The number of esters is 1. The molecule has 1 unspecified atom stereocenters. The molecule has 3 aromatic rings. The van der Waals surface area contributed by atoms with Crippen LogP contribution in [0.25, 0.3) is 16.5 Å². The average Bonchev–Trinajstić information content (AvgIpc) is 3.32. The van der Waals surface area contributed by atoms with Crippen molar-refractivity contribution in [3.05, 3.63) is 63.2 Å². The van der Waals surface area contributed by atoms with Crippen LogP contribution in [0.1, 0.15) is 54.6 Å². The number of carbonyl (C=O) groups excluding carboxylic acids is 1. The Morgan fingerprint density at radius 3 is 2.54 bits per heavy atom. The van der Waals surface area contributed by atoms with E-state index in [1.54, 1.807) is 0 Å². The van der Waals surface area contributed by atoms with Gasteiger partial charge in [-0.2, -0.15) is 13.2 Å². The van der Waals surface area contributed by atoms with E-state index in [4.69, 9.17) is 9.26 Å². The molecule has 4 rings (SSSR count). The molecule has 1 aromatic heterocycles. The molecule has 0 saturated heterocycles. The normalized spacial score (nSPS) is 15.8. The highest BCUT2D eigenvalue weighted by Gasteiger charge is 2.35. The fourth-order valence-electron chi connectivity index (χ4n) is 4.52. The number of ether oxygens (including phenoxy) is 1. The number of rotatable bonds is 7. The molecule has 2 aromatic carbocycles. The maximum atomic E-state index is 13.3. The number of methoxy groups -OCH3 is 1. The van der Waals surface area contributed by atoms with Gasteiger partial charge in [0.05, 0.1) is 34.1 Å². The Bertz CT molecular complexity index is 1350. The lowest BCUT2D eigenvalue weighted by Crippen LogP contribution is -2.06. The van der Waals surface area contributed by atoms with Crippen molar-refractivity contribution in [3.63, 3.8) is 0 Å². The first-order chi connectivity index (χ1) is 16.5. The van der Waals surface area contributed by atoms with Gasteiger partial charge in [0.25, 0.3) is 0 Å². The zero-order valence-corrected chi connectivity index (χ0v) is 20.7. The van der Waals surface area contributed by atoms with E-state index >= 15 is 0 Å². The van der Waals surface area contributed by atoms with Crippen LogP contribution < -0.4 is 0 Å². The molecule has 35 heavy (non-hydrogen) atoms. The molecule has 0 saturated carbocycles. The highest BCUT2D eigenvalue weighted by atomic mass is 32.2. The summed E-state index contributed by atoms with van der Waals surface area (Å²) in [6, 6.07) is 7.31. The molecule has 1 aliphatic heterocycles. The van der Waals surface area contributed by atoms with Gasteiger partial charge in [-0.15, -0.1) is 0 Å². The first-order valence-electron chi connectivity index (χ1n) is 11.3. The van der Waals surface area contributed by atoms with E-state index in [0.717, 1.165) is 34.2 Å². The molecule has 0 amide bonds. The Kier molecular flexibility index (Phi) is 6.90. The van der Waals surface area contributed by atoms with Gasteiger partial charge in [-0.25, -0.2) is 4.21 Å². The van der Waals surface area contributed by atoms with Crippen LogP contribution >= 0.6 is 0 Å². The molecular formula is C26H26F3NO4S. The van der Waals surface area contributed by atoms with Crippen molar-refractivity contribution in [2.75, 3.05) is 7.11 Å². The van der Waals surface area contributed by atoms with Gasteiger partial charge >= 0.3 is 12.1 Å². The fourth-order valence-corrected chi connectivity index (χ4v) is 6.23. The molecule has 1 atom stereocenters. The van der Waals surface area contributed by atoms with Crippen LogP contribution in [0.4, 0.5) is 13.2 Å². The van der Waals surface area contributed by atoms with Crippen LogP contribution in [0.2, 0.25) is 0 Å².